The van der Waals surface area contributed by atoms with E-state index in [1.807, 2.05) is 18.2 Å². The van der Waals surface area contributed by atoms with Crippen molar-refractivity contribution in [2.45, 2.75) is 31.4 Å². The van der Waals surface area contributed by atoms with Crippen molar-refractivity contribution in [1.82, 2.24) is 4.90 Å². The molecule has 0 radical (unpaired) electrons. The summed E-state index contributed by atoms with van der Waals surface area (Å²) in [7, 11) is 1.63. The maximum absolute atomic E-state index is 11.1. The number of halogens is 1. The van der Waals surface area contributed by atoms with Crippen molar-refractivity contribution < 1.29 is 14.6 Å². The Hall–Kier alpha value is -1.11. The van der Waals surface area contributed by atoms with Crippen molar-refractivity contribution in [3.63, 3.8) is 0 Å². The van der Waals surface area contributed by atoms with Gasteiger partial charge in [-0.3, -0.25) is 9.69 Å². The fourth-order valence-corrected chi connectivity index (χ4v) is 3.46. The molecule has 1 atom stereocenters. The van der Waals surface area contributed by atoms with E-state index in [9.17, 15) is 9.90 Å². The Morgan fingerprint density at radius 2 is 2.33 bits per heavy atom. The van der Waals surface area contributed by atoms with Crippen LogP contribution < -0.4 is 10.5 Å². The minimum Gasteiger partial charge on any atom is -0.496 e. The van der Waals surface area contributed by atoms with Crippen molar-refractivity contribution in [3.8, 4) is 5.75 Å². The number of rotatable bonds is 5. The Kier molecular flexibility index (Phi) is 5.24. The summed E-state index contributed by atoms with van der Waals surface area (Å²) in [5.41, 5.74) is 5.36. The van der Waals surface area contributed by atoms with Gasteiger partial charge in [-0.05, 0) is 53.0 Å². The maximum Gasteiger partial charge on any atom is 0.220 e. The SMILES string of the molecule is COc1ccc(CN2CCCC(O)(CC(N)=O)C2)cc1Br. The van der Waals surface area contributed by atoms with Gasteiger partial charge in [0.25, 0.3) is 0 Å². The van der Waals surface area contributed by atoms with E-state index in [1.54, 1.807) is 7.11 Å². The molecule has 21 heavy (non-hydrogen) atoms. The molecule has 1 heterocycles. The maximum atomic E-state index is 11.1. The van der Waals surface area contributed by atoms with E-state index in [2.05, 4.69) is 20.8 Å². The highest BCUT2D eigenvalue weighted by atomic mass is 79.9. The number of hydrogen-bond donors (Lipinski definition) is 2. The Morgan fingerprint density at radius 1 is 1.57 bits per heavy atom. The minimum atomic E-state index is -0.992. The first-order valence-electron chi connectivity index (χ1n) is 6.97. The van der Waals surface area contributed by atoms with E-state index in [-0.39, 0.29) is 6.42 Å². The third-order valence-corrected chi connectivity index (χ3v) is 4.38. The third-order valence-electron chi connectivity index (χ3n) is 3.76. The summed E-state index contributed by atoms with van der Waals surface area (Å²) in [6.07, 6.45) is 1.51. The minimum absolute atomic E-state index is 0.0236. The average Bonchev–Trinajstić information content (AvgIpc) is 2.37. The highest BCUT2D eigenvalue weighted by Crippen LogP contribution is 2.28. The molecule has 1 aromatic carbocycles. The highest BCUT2D eigenvalue weighted by Gasteiger charge is 2.34. The van der Waals surface area contributed by atoms with E-state index in [1.165, 1.54) is 0 Å². The number of nitrogens with two attached hydrogens (primary N) is 1. The molecule has 1 aliphatic heterocycles. The summed E-state index contributed by atoms with van der Waals surface area (Å²) in [4.78, 5) is 13.2. The van der Waals surface area contributed by atoms with Crippen LogP contribution in [0.15, 0.2) is 22.7 Å². The number of benzene rings is 1. The van der Waals surface area contributed by atoms with E-state index >= 15 is 0 Å². The second kappa shape index (κ2) is 6.77. The Balaban J connectivity index is 2.02. The van der Waals surface area contributed by atoms with Crippen LogP contribution in [0.3, 0.4) is 0 Å². The van der Waals surface area contributed by atoms with Crippen molar-refractivity contribution in [3.05, 3.63) is 28.2 Å². The summed E-state index contributed by atoms with van der Waals surface area (Å²) in [6.45, 7) is 2.11. The molecule has 0 saturated carbocycles. The molecule has 0 spiro atoms. The first kappa shape index (κ1) is 16.3. The molecular weight excluding hydrogens is 336 g/mol. The number of methoxy groups -OCH3 is 1. The van der Waals surface area contributed by atoms with Gasteiger partial charge >= 0.3 is 0 Å². The second-order valence-electron chi connectivity index (χ2n) is 5.65. The van der Waals surface area contributed by atoms with Crippen molar-refractivity contribution >= 4 is 21.8 Å². The number of aliphatic hydroxyl groups is 1. The van der Waals surface area contributed by atoms with Crippen LogP contribution in [0.5, 0.6) is 5.75 Å². The summed E-state index contributed by atoms with van der Waals surface area (Å²) in [5, 5.41) is 10.5. The fraction of sp³-hybridized carbons (Fsp3) is 0.533. The van der Waals surface area contributed by atoms with Gasteiger partial charge in [-0.25, -0.2) is 0 Å². The molecular formula is C15H21BrN2O3. The van der Waals surface area contributed by atoms with Crippen LogP contribution in [0.25, 0.3) is 0 Å². The number of ether oxygens (including phenoxy) is 1. The quantitative estimate of drug-likeness (QED) is 0.841. The largest absolute Gasteiger partial charge is 0.496 e. The van der Waals surface area contributed by atoms with Gasteiger partial charge in [-0.15, -0.1) is 0 Å². The topological polar surface area (TPSA) is 75.8 Å². The standard InChI is InChI=1S/C15H21BrN2O3/c1-21-13-4-3-11(7-12(13)16)9-18-6-2-5-15(20,10-18)8-14(17)19/h3-4,7,20H,2,5-6,8-10H2,1H3,(H2,17,19). The number of amides is 1. The van der Waals surface area contributed by atoms with Crippen molar-refractivity contribution in [2.24, 2.45) is 5.73 Å². The van der Waals surface area contributed by atoms with Gasteiger partial charge in [0.1, 0.15) is 5.75 Å². The van der Waals surface area contributed by atoms with E-state index < -0.39 is 11.5 Å². The van der Waals surface area contributed by atoms with Crippen LogP contribution in [-0.4, -0.2) is 41.7 Å². The lowest BCUT2D eigenvalue weighted by molar-refractivity contribution is -0.125. The smallest absolute Gasteiger partial charge is 0.220 e. The molecule has 1 unspecified atom stereocenters. The molecule has 0 bridgehead atoms. The van der Waals surface area contributed by atoms with Gasteiger partial charge in [0.05, 0.1) is 23.6 Å². The number of piperidine rings is 1. The lowest BCUT2D eigenvalue weighted by atomic mass is 9.89. The molecule has 1 saturated heterocycles. The van der Waals surface area contributed by atoms with Gasteiger partial charge in [0, 0.05) is 13.1 Å². The molecule has 1 aromatic rings. The summed E-state index contributed by atoms with van der Waals surface area (Å²) < 4.78 is 6.12. The van der Waals surface area contributed by atoms with Crippen LogP contribution in [0, 0.1) is 0 Å². The number of nitrogens with zero attached hydrogens (tertiary/aromatic N) is 1. The molecule has 3 N–H and O–H groups in total. The average molecular weight is 357 g/mol. The summed E-state index contributed by atoms with van der Waals surface area (Å²) in [6, 6.07) is 5.94. The number of carbonyl (C=O) groups excluding carboxylic acids is 1. The number of carbonyl (C=O) groups is 1. The summed E-state index contributed by atoms with van der Waals surface area (Å²) in [5.74, 6) is 0.342. The lowest BCUT2D eigenvalue weighted by Crippen LogP contribution is -2.49. The third kappa shape index (κ3) is 4.43. The van der Waals surface area contributed by atoms with E-state index in [0.717, 1.165) is 35.3 Å². The molecule has 1 fully saturated rings. The summed E-state index contributed by atoms with van der Waals surface area (Å²) >= 11 is 3.47. The zero-order valence-corrected chi connectivity index (χ0v) is 13.7. The molecule has 2 rings (SSSR count). The number of likely N-dealkylation sites (tertiary alicyclic amines) is 1. The predicted octanol–water partition coefficient (Wildman–Crippen LogP) is 1.66. The zero-order valence-electron chi connectivity index (χ0n) is 12.1. The predicted molar refractivity (Wildman–Crippen MR) is 84.0 cm³/mol. The van der Waals surface area contributed by atoms with Crippen LogP contribution in [0.2, 0.25) is 0 Å². The molecule has 6 heteroatoms. The van der Waals surface area contributed by atoms with E-state index in [0.29, 0.717) is 13.0 Å². The molecule has 116 valence electrons. The van der Waals surface area contributed by atoms with Crippen LogP contribution in [-0.2, 0) is 11.3 Å². The molecule has 0 aromatic heterocycles. The number of hydrogen-bond acceptors (Lipinski definition) is 4. The lowest BCUT2D eigenvalue weighted by Gasteiger charge is -2.38. The molecule has 5 nitrogen and oxygen atoms in total. The Labute approximate surface area is 133 Å². The van der Waals surface area contributed by atoms with Crippen molar-refractivity contribution in [2.75, 3.05) is 20.2 Å². The monoisotopic (exact) mass is 356 g/mol. The number of β-amino-alcohol motifs (C(OH)–C–C–N with tert-alkyl or cyclic N) is 1. The normalized spacial score (nSPS) is 23.0. The second-order valence-corrected chi connectivity index (χ2v) is 6.50. The first-order valence-corrected chi connectivity index (χ1v) is 7.77. The van der Waals surface area contributed by atoms with Gasteiger partial charge in [-0.2, -0.15) is 0 Å². The molecule has 0 aliphatic carbocycles. The number of primary amides is 1. The van der Waals surface area contributed by atoms with Crippen LogP contribution in [0.4, 0.5) is 0 Å². The zero-order chi connectivity index (χ0) is 15.5. The molecule has 1 amide bonds. The molecule has 1 aliphatic rings. The van der Waals surface area contributed by atoms with Gasteiger partial charge < -0.3 is 15.6 Å². The fourth-order valence-electron chi connectivity index (χ4n) is 2.88. The Morgan fingerprint density at radius 3 is 2.95 bits per heavy atom. The van der Waals surface area contributed by atoms with Crippen molar-refractivity contribution in [1.29, 1.82) is 0 Å². The first-order chi connectivity index (χ1) is 9.92. The Bertz CT molecular complexity index is 524. The van der Waals surface area contributed by atoms with Gasteiger partial charge in [0.2, 0.25) is 5.91 Å². The highest BCUT2D eigenvalue weighted by molar-refractivity contribution is 9.10. The van der Waals surface area contributed by atoms with E-state index in [4.69, 9.17) is 10.5 Å². The van der Waals surface area contributed by atoms with Gasteiger partial charge in [0.15, 0.2) is 0 Å². The van der Waals surface area contributed by atoms with Crippen LogP contribution >= 0.6 is 15.9 Å². The van der Waals surface area contributed by atoms with Crippen LogP contribution in [0.1, 0.15) is 24.8 Å². The van der Waals surface area contributed by atoms with Gasteiger partial charge in [-0.1, -0.05) is 6.07 Å².